The van der Waals surface area contributed by atoms with Crippen molar-refractivity contribution in [2.75, 3.05) is 19.6 Å². The van der Waals surface area contributed by atoms with Crippen LogP contribution >= 0.6 is 22.6 Å². The van der Waals surface area contributed by atoms with Crippen molar-refractivity contribution in [3.05, 3.63) is 92.9 Å². The Balaban J connectivity index is 1.22. The molecule has 214 valence electrons. The molecule has 1 unspecified atom stereocenters. The maximum Gasteiger partial charge on any atom is 0.242 e. The summed E-state index contributed by atoms with van der Waals surface area (Å²) in [5, 5.41) is 6.21. The number of rotatable bonds is 8. The van der Waals surface area contributed by atoms with Gasteiger partial charge in [0.05, 0.1) is 17.5 Å². The first kappa shape index (κ1) is 28.3. The number of likely N-dealkylation sites (tertiary alicyclic amines) is 1. The normalized spacial score (nSPS) is 17.0. The van der Waals surface area contributed by atoms with Gasteiger partial charge in [0.15, 0.2) is 0 Å². The lowest BCUT2D eigenvalue weighted by Gasteiger charge is -2.29. The van der Waals surface area contributed by atoms with E-state index in [4.69, 9.17) is 4.52 Å². The molecule has 4 aromatic rings. The molecule has 1 N–H and O–H groups in total. The van der Waals surface area contributed by atoms with Crippen molar-refractivity contribution in [3.63, 3.8) is 0 Å². The minimum Gasteiger partial charge on any atom is -0.361 e. The van der Waals surface area contributed by atoms with Gasteiger partial charge >= 0.3 is 0 Å². The molecule has 0 spiro atoms. The fourth-order valence-electron chi connectivity index (χ4n) is 5.82. The van der Waals surface area contributed by atoms with E-state index in [2.05, 4.69) is 37.4 Å². The van der Waals surface area contributed by atoms with Crippen molar-refractivity contribution in [1.82, 2.24) is 19.7 Å². The number of hydrogen-bond acceptors (Lipinski definition) is 6. The zero-order valence-corrected chi connectivity index (χ0v) is 25.7. The minimum absolute atomic E-state index is 0.00940. The molecule has 1 saturated heterocycles. The molecule has 1 fully saturated rings. The van der Waals surface area contributed by atoms with Gasteiger partial charge in [-0.15, -0.1) is 0 Å². The topological polar surface area (TPSA) is 95.8 Å². The highest BCUT2D eigenvalue weighted by Gasteiger charge is 2.31. The van der Waals surface area contributed by atoms with E-state index in [1.165, 1.54) is 19.3 Å². The molecule has 0 radical (unpaired) electrons. The van der Waals surface area contributed by atoms with E-state index < -0.39 is 16.1 Å². The number of carbonyl (C=O) groups excluding carboxylic acids is 1. The molecule has 0 bridgehead atoms. The predicted octanol–water partition coefficient (Wildman–Crippen LogP) is 5.41. The predicted molar refractivity (Wildman–Crippen MR) is 166 cm³/mol. The maximum absolute atomic E-state index is 13.7. The summed E-state index contributed by atoms with van der Waals surface area (Å²) in [5.41, 5.74) is 2.65. The number of fused-ring (bicyclic) bond motifs is 2. The second kappa shape index (κ2) is 12.2. The molecule has 1 aromatic heterocycles. The Hall–Kier alpha value is -2.80. The van der Waals surface area contributed by atoms with Crippen molar-refractivity contribution >= 4 is 49.3 Å². The Bertz CT molecular complexity index is 1650. The summed E-state index contributed by atoms with van der Waals surface area (Å²) < 4.78 is 36.6. The van der Waals surface area contributed by atoms with E-state index >= 15 is 0 Å². The van der Waals surface area contributed by atoms with Gasteiger partial charge in [0.1, 0.15) is 11.5 Å². The quantitative estimate of drug-likeness (QED) is 0.250. The molecule has 1 amide bonds. The SMILES string of the molecule is O=C(CC(NS(=O)(=O)c1ccc2ccccc2c1I)c1ccccc1)N1CCc2onc(CN3CCCCC3)c2C1. The average molecular weight is 685 g/mol. The fraction of sp³-hybridized carbons (Fsp3) is 0.355. The van der Waals surface area contributed by atoms with E-state index in [0.29, 0.717) is 23.1 Å². The van der Waals surface area contributed by atoms with Gasteiger partial charge in [0.25, 0.3) is 0 Å². The van der Waals surface area contributed by atoms with Crippen molar-refractivity contribution in [1.29, 1.82) is 0 Å². The van der Waals surface area contributed by atoms with Crippen LogP contribution in [0.5, 0.6) is 0 Å². The third kappa shape index (κ3) is 6.20. The Morgan fingerprint density at radius 2 is 1.73 bits per heavy atom. The molecule has 41 heavy (non-hydrogen) atoms. The maximum atomic E-state index is 13.7. The second-order valence-electron chi connectivity index (χ2n) is 10.8. The largest absolute Gasteiger partial charge is 0.361 e. The molecule has 0 aliphatic carbocycles. The van der Waals surface area contributed by atoms with Gasteiger partial charge in [-0.05, 0) is 70.9 Å². The summed E-state index contributed by atoms with van der Waals surface area (Å²) in [6.07, 6.45) is 4.27. The van der Waals surface area contributed by atoms with Crippen molar-refractivity contribution in [2.24, 2.45) is 0 Å². The molecule has 1 atom stereocenters. The van der Waals surface area contributed by atoms with Crippen molar-refractivity contribution in [3.8, 4) is 0 Å². The van der Waals surface area contributed by atoms with Gasteiger partial charge in [-0.2, -0.15) is 0 Å². The first-order chi connectivity index (χ1) is 19.9. The molecule has 0 saturated carbocycles. The summed E-state index contributed by atoms with van der Waals surface area (Å²) in [4.78, 5) is 18.1. The van der Waals surface area contributed by atoms with E-state index in [1.54, 1.807) is 6.07 Å². The summed E-state index contributed by atoms with van der Waals surface area (Å²) in [7, 11) is -3.93. The first-order valence-corrected chi connectivity index (χ1v) is 16.7. The van der Waals surface area contributed by atoms with Gasteiger partial charge in [0.2, 0.25) is 15.9 Å². The molecule has 3 aromatic carbocycles. The van der Waals surface area contributed by atoms with Crippen LogP contribution in [0.3, 0.4) is 0 Å². The summed E-state index contributed by atoms with van der Waals surface area (Å²) >= 11 is 2.10. The van der Waals surface area contributed by atoms with Crippen molar-refractivity contribution in [2.45, 2.75) is 56.1 Å². The van der Waals surface area contributed by atoms with Crippen LogP contribution in [-0.2, 0) is 34.3 Å². The second-order valence-corrected chi connectivity index (χ2v) is 13.6. The lowest BCUT2D eigenvalue weighted by atomic mass is 10.0. The number of piperidine rings is 1. The van der Waals surface area contributed by atoms with Crippen LogP contribution < -0.4 is 4.72 Å². The number of nitrogens with zero attached hydrogens (tertiary/aromatic N) is 3. The molecule has 10 heteroatoms. The number of sulfonamides is 1. The van der Waals surface area contributed by atoms with Gasteiger partial charge in [-0.1, -0.05) is 72.2 Å². The first-order valence-electron chi connectivity index (χ1n) is 14.1. The van der Waals surface area contributed by atoms with E-state index in [1.807, 2.05) is 65.6 Å². The molecule has 6 rings (SSSR count). The molecule has 3 heterocycles. The number of aromatic nitrogens is 1. The lowest BCUT2D eigenvalue weighted by molar-refractivity contribution is -0.132. The molecule has 2 aliphatic rings. The average Bonchev–Trinajstić information content (AvgIpc) is 3.39. The third-order valence-corrected chi connectivity index (χ3v) is 11.1. The number of carbonyl (C=O) groups is 1. The van der Waals surface area contributed by atoms with E-state index in [0.717, 1.165) is 53.0 Å². The Labute approximate surface area is 254 Å². The Kier molecular flexibility index (Phi) is 8.43. The highest BCUT2D eigenvalue weighted by atomic mass is 127. The highest BCUT2D eigenvalue weighted by molar-refractivity contribution is 14.1. The Morgan fingerprint density at radius 3 is 2.54 bits per heavy atom. The molecule has 8 nitrogen and oxygen atoms in total. The van der Waals surface area contributed by atoms with Gasteiger partial charge in [0, 0.05) is 35.1 Å². The van der Waals surface area contributed by atoms with Gasteiger partial charge < -0.3 is 9.42 Å². The molecular formula is C31H33IN4O4S. The molecular weight excluding hydrogens is 651 g/mol. The number of halogens is 1. The van der Waals surface area contributed by atoms with Crippen LogP contribution in [0.25, 0.3) is 10.8 Å². The van der Waals surface area contributed by atoms with E-state index in [-0.39, 0.29) is 17.2 Å². The number of amides is 1. The third-order valence-electron chi connectivity index (χ3n) is 8.08. The number of hydrogen-bond donors (Lipinski definition) is 1. The van der Waals surface area contributed by atoms with Crippen LogP contribution in [0.15, 0.2) is 76.1 Å². The van der Waals surface area contributed by atoms with E-state index in [9.17, 15) is 13.2 Å². The van der Waals surface area contributed by atoms with Gasteiger partial charge in [-0.25, -0.2) is 13.1 Å². The monoisotopic (exact) mass is 684 g/mol. The minimum atomic E-state index is -3.93. The van der Waals surface area contributed by atoms with Crippen LogP contribution in [0.4, 0.5) is 0 Å². The van der Waals surface area contributed by atoms with Gasteiger partial charge in [-0.3, -0.25) is 9.69 Å². The Morgan fingerprint density at radius 1 is 0.976 bits per heavy atom. The summed E-state index contributed by atoms with van der Waals surface area (Å²) in [6.45, 7) is 3.79. The highest BCUT2D eigenvalue weighted by Crippen LogP contribution is 2.30. The zero-order valence-electron chi connectivity index (χ0n) is 22.8. The lowest BCUT2D eigenvalue weighted by Crippen LogP contribution is -2.39. The standard InChI is InChI=1S/C31H33IN4O4S/c32-31-24-12-6-5-9-22(24)13-14-29(31)41(38,39)34-26(23-10-3-1-4-11-23)19-30(37)36-18-15-28-25(20-36)27(33-40-28)21-35-16-7-2-8-17-35/h1,3-6,9-14,26,34H,2,7-8,15-21H2. The summed E-state index contributed by atoms with van der Waals surface area (Å²) in [5.74, 6) is 0.748. The fourth-order valence-corrected chi connectivity index (χ4v) is 8.67. The smallest absolute Gasteiger partial charge is 0.242 e. The van der Waals surface area contributed by atoms with Crippen LogP contribution in [0.2, 0.25) is 0 Å². The number of nitrogens with one attached hydrogen (secondary N) is 1. The van der Waals surface area contributed by atoms with Crippen LogP contribution in [0, 0.1) is 3.57 Å². The summed E-state index contributed by atoms with van der Waals surface area (Å²) in [6, 6.07) is 19.8. The molecule has 2 aliphatic heterocycles. The van der Waals surface area contributed by atoms with Crippen LogP contribution in [0.1, 0.15) is 54.3 Å². The van der Waals surface area contributed by atoms with Crippen molar-refractivity contribution < 1.29 is 17.7 Å². The number of benzene rings is 3. The van der Waals surface area contributed by atoms with Crippen LogP contribution in [-0.4, -0.2) is 48.9 Å². The zero-order chi connectivity index (χ0) is 28.4.